The van der Waals surface area contributed by atoms with E-state index in [4.69, 9.17) is 0 Å². The van der Waals surface area contributed by atoms with Crippen LogP contribution >= 0.6 is 0 Å². The molecule has 17 heteroatoms. The van der Waals surface area contributed by atoms with Gasteiger partial charge in [0.05, 0.1) is 11.1 Å². The second kappa shape index (κ2) is 11.8. The Morgan fingerprint density at radius 1 is 0.562 bits per heavy atom. The molecular weight excluding hydrogens is 695 g/mol. The smallest absolute Gasteiger partial charge is 0.203 e. The number of hydrogen-bond donors (Lipinski definition) is 0. The van der Waals surface area contributed by atoms with Crippen molar-refractivity contribution < 1.29 is 74.6 Å². The fraction of sp³-hybridized carbons (Fsp3) is 0.290. The van der Waals surface area contributed by atoms with Gasteiger partial charge in [-0.2, -0.15) is 39.5 Å². The van der Waals surface area contributed by atoms with E-state index >= 15 is 17.6 Å². The van der Waals surface area contributed by atoms with Gasteiger partial charge in [0.1, 0.15) is 11.1 Å². The molecule has 2 unspecified atom stereocenters. The highest BCUT2D eigenvalue weighted by atomic mass is 19.4. The molecule has 2 atom stereocenters. The molecule has 1 aliphatic rings. The van der Waals surface area contributed by atoms with Crippen molar-refractivity contribution in [3.05, 3.63) is 115 Å². The van der Waals surface area contributed by atoms with Crippen LogP contribution in [0.15, 0.2) is 29.3 Å². The van der Waals surface area contributed by atoms with Crippen molar-refractivity contribution in [1.29, 1.82) is 0 Å². The molecule has 0 amide bonds. The Balaban J connectivity index is 2.08. The number of halogens is 17. The largest absolute Gasteiger partial charge is 0.422 e. The van der Waals surface area contributed by atoms with Crippen molar-refractivity contribution in [2.24, 2.45) is 5.92 Å². The van der Waals surface area contributed by atoms with Gasteiger partial charge in [-0.1, -0.05) is 19.1 Å². The maximum Gasteiger partial charge on any atom is 0.422 e. The van der Waals surface area contributed by atoms with E-state index in [0.29, 0.717) is 13.0 Å². The number of aryl methyl sites for hydroxylation is 1. The molecule has 0 saturated heterocycles. The number of allylic oxidation sites excluding steroid dienone is 4. The van der Waals surface area contributed by atoms with E-state index in [0.717, 1.165) is 32.9 Å². The molecule has 1 aliphatic carbocycles. The van der Waals surface area contributed by atoms with E-state index in [-0.39, 0.29) is 16.7 Å². The molecule has 0 bridgehead atoms. The predicted octanol–water partition coefficient (Wildman–Crippen LogP) is 11.8. The molecule has 0 aliphatic heterocycles. The van der Waals surface area contributed by atoms with Gasteiger partial charge in [0.15, 0.2) is 46.5 Å². The maximum atomic E-state index is 15.0. The van der Waals surface area contributed by atoms with Gasteiger partial charge in [-0.3, -0.25) is 0 Å². The van der Waals surface area contributed by atoms with Gasteiger partial charge in [-0.15, -0.1) is 0 Å². The van der Waals surface area contributed by atoms with Crippen LogP contribution in [0.2, 0.25) is 0 Å². The molecule has 0 spiro atoms. The van der Waals surface area contributed by atoms with Crippen LogP contribution in [-0.4, -0.2) is 0 Å². The molecule has 0 N–H and O–H groups in total. The van der Waals surface area contributed by atoms with Crippen molar-refractivity contribution in [3.63, 3.8) is 0 Å². The Labute approximate surface area is 259 Å². The van der Waals surface area contributed by atoms with Gasteiger partial charge in [0.2, 0.25) is 0 Å². The van der Waals surface area contributed by atoms with Crippen LogP contribution in [0.4, 0.5) is 74.6 Å². The highest BCUT2D eigenvalue weighted by Crippen LogP contribution is 2.60. The highest BCUT2D eigenvalue weighted by Gasteiger charge is 2.51. The van der Waals surface area contributed by atoms with E-state index in [1.807, 2.05) is 0 Å². The lowest BCUT2D eigenvalue weighted by molar-refractivity contribution is -0.144. The molecule has 0 heterocycles. The van der Waals surface area contributed by atoms with Gasteiger partial charge in [0.25, 0.3) is 0 Å². The first-order valence-corrected chi connectivity index (χ1v) is 13.2. The summed E-state index contributed by atoms with van der Waals surface area (Å²) in [6.45, 7) is 3.55. The summed E-state index contributed by atoms with van der Waals surface area (Å²) in [6, 6.07) is 2.62. The molecule has 1 saturated carbocycles. The van der Waals surface area contributed by atoms with E-state index in [1.165, 1.54) is 0 Å². The van der Waals surface area contributed by atoms with Crippen LogP contribution in [0.25, 0.3) is 11.1 Å². The minimum atomic E-state index is -5.94. The van der Waals surface area contributed by atoms with Crippen LogP contribution in [0, 0.1) is 59.4 Å². The summed E-state index contributed by atoms with van der Waals surface area (Å²) in [4.78, 5) is 0. The third-order valence-corrected chi connectivity index (χ3v) is 8.07. The van der Waals surface area contributed by atoms with Gasteiger partial charge in [-0.05, 0) is 66.2 Å². The second-order valence-electron chi connectivity index (χ2n) is 10.9. The van der Waals surface area contributed by atoms with Crippen molar-refractivity contribution in [2.45, 2.75) is 52.1 Å². The SMILES string of the molecule is C/C(=C1/C(=C(\C)c2c(F)c(F)c(C(F)(F)F)c(F)c2F)C1C(C)c1c(F)c(F)c(C(F)(F)F)c(F)c1F)c1ccc(C)c(C(F)(F)F)c1. The monoisotopic (exact) mass is 712 g/mol. The van der Waals surface area contributed by atoms with Crippen molar-refractivity contribution in [3.8, 4) is 0 Å². The lowest BCUT2D eigenvalue weighted by atomic mass is 9.90. The van der Waals surface area contributed by atoms with Gasteiger partial charge >= 0.3 is 18.5 Å². The fourth-order valence-corrected chi connectivity index (χ4v) is 5.73. The van der Waals surface area contributed by atoms with Crippen LogP contribution in [0.1, 0.15) is 65.6 Å². The Kier molecular flexibility index (Phi) is 9.06. The molecule has 0 radical (unpaired) electrons. The lowest BCUT2D eigenvalue weighted by Crippen LogP contribution is -2.18. The Morgan fingerprint density at radius 3 is 1.35 bits per heavy atom. The first-order chi connectivity index (χ1) is 21.8. The third kappa shape index (κ3) is 5.93. The Morgan fingerprint density at radius 2 is 0.958 bits per heavy atom. The normalized spacial score (nSPS) is 18.3. The molecule has 3 aromatic carbocycles. The van der Waals surface area contributed by atoms with Crippen LogP contribution < -0.4 is 0 Å². The molecule has 260 valence electrons. The Bertz CT molecular complexity index is 1840. The quantitative estimate of drug-likeness (QED) is 0.187. The number of alkyl halides is 9. The second-order valence-corrected chi connectivity index (χ2v) is 10.9. The summed E-state index contributed by atoms with van der Waals surface area (Å²) in [5.41, 5.74) is -13.4. The molecule has 4 rings (SSSR count). The molecule has 3 aromatic rings. The van der Waals surface area contributed by atoms with Crippen molar-refractivity contribution in [2.75, 3.05) is 0 Å². The highest BCUT2D eigenvalue weighted by molar-refractivity contribution is 5.89. The molecular formula is C31H17F17. The van der Waals surface area contributed by atoms with Crippen LogP contribution in [0.3, 0.4) is 0 Å². The zero-order valence-corrected chi connectivity index (χ0v) is 24.3. The number of hydrogen-bond acceptors (Lipinski definition) is 0. The topological polar surface area (TPSA) is 0 Å². The van der Waals surface area contributed by atoms with Gasteiger partial charge in [-0.25, -0.2) is 35.1 Å². The summed E-state index contributed by atoms with van der Waals surface area (Å²) >= 11 is 0. The standard InChI is InChI=1S/C31H17F17/c1-8-5-6-12(7-13(8)29(40,41)42)9(2)14-15(10(3)17-21(32)25(36)19(30(43,44)45)26(37)22(17)33)16(14)11(4)18-23(34)27(38)20(31(46,47)48)28(39)24(18)35/h5-7,10,15H,1-4H3/b14-9-,16-11-. The summed E-state index contributed by atoms with van der Waals surface area (Å²) in [5, 5.41) is 0. The molecule has 0 nitrogen and oxygen atoms in total. The first-order valence-electron chi connectivity index (χ1n) is 13.2. The van der Waals surface area contributed by atoms with E-state index in [2.05, 4.69) is 0 Å². The number of benzene rings is 3. The zero-order chi connectivity index (χ0) is 36.7. The fourth-order valence-electron chi connectivity index (χ4n) is 5.73. The first kappa shape index (κ1) is 36.8. The minimum absolute atomic E-state index is 0.283. The summed E-state index contributed by atoms with van der Waals surface area (Å²) in [7, 11) is 0. The Hall–Kier alpha value is -4.05. The molecule has 48 heavy (non-hydrogen) atoms. The predicted molar refractivity (Wildman–Crippen MR) is 136 cm³/mol. The number of rotatable bonds is 4. The van der Waals surface area contributed by atoms with Crippen LogP contribution in [-0.2, 0) is 18.5 Å². The van der Waals surface area contributed by atoms with E-state index < -0.39 is 121 Å². The summed E-state index contributed by atoms with van der Waals surface area (Å²) < 4.78 is 238. The average molecular weight is 712 g/mol. The third-order valence-electron chi connectivity index (χ3n) is 8.07. The van der Waals surface area contributed by atoms with E-state index in [1.54, 1.807) is 0 Å². The van der Waals surface area contributed by atoms with Gasteiger partial charge < -0.3 is 0 Å². The minimum Gasteiger partial charge on any atom is -0.203 e. The lowest BCUT2D eigenvalue weighted by Gasteiger charge is -2.18. The molecule has 1 fully saturated rings. The van der Waals surface area contributed by atoms with Gasteiger partial charge in [0, 0.05) is 11.5 Å². The van der Waals surface area contributed by atoms with E-state index in [9.17, 15) is 57.1 Å². The zero-order valence-electron chi connectivity index (χ0n) is 24.3. The summed E-state index contributed by atoms with van der Waals surface area (Å²) in [5.74, 6) is -25.7. The average Bonchev–Trinajstić information content (AvgIpc) is 3.69. The molecule has 0 aromatic heterocycles. The van der Waals surface area contributed by atoms with Crippen LogP contribution in [0.5, 0.6) is 0 Å². The van der Waals surface area contributed by atoms with Crippen molar-refractivity contribution in [1.82, 2.24) is 0 Å². The summed E-state index contributed by atoms with van der Waals surface area (Å²) in [6.07, 6.45) is -16.8. The maximum absolute atomic E-state index is 15.0. The van der Waals surface area contributed by atoms with Crippen molar-refractivity contribution >= 4 is 11.1 Å².